The Bertz CT molecular complexity index is 457. The number of aliphatic carboxylic acids is 1. The van der Waals surface area contributed by atoms with Gasteiger partial charge in [0.05, 0.1) is 5.02 Å². The Morgan fingerprint density at radius 1 is 1.56 bits per heavy atom. The Balaban J connectivity index is 2.56. The molecule has 2 rings (SSSR count). The summed E-state index contributed by atoms with van der Waals surface area (Å²) in [5.74, 6) is -0.469. The fourth-order valence-corrected chi connectivity index (χ4v) is 1.79. The number of halogens is 1. The van der Waals surface area contributed by atoms with Crippen molar-refractivity contribution in [1.82, 2.24) is 0 Å². The van der Waals surface area contributed by atoms with E-state index in [9.17, 15) is 9.90 Å². The Morgan fingerprint density at radius 2 is 2.25 bits per heavy atom. The third-order valence-corrected chi connectivity index (χ3v) is 2.88. The van der Waals surface area contributed by atoms with Crippen LogP contribution in [0.4, 0.5) is 0 Å². The van der Waals surface area contributed by atoms with Gasteiger partial charge in [0.15, 0.2) is 17.6 Å². The highest BCUT2D eigenvalue weighted by atomic mass is 35.5. The lowest BCUT2D eigenvalue weighted by molar-refractivity contribution is -0.146. The Hall–Kier alpha value is -1.46. The van der Waals surface area contributed by atoms with Crippen LogP contribution in [-0.2, 0) is 4.79 Å². The number of aliphatic hydroxyl groups is 1. The summed E-state index contributed by atoms with van der Waals surface area (Å²) in [6, 6.07) is 1.39. The summed E-state index contributed by atoms with van der Waals surface area (Å²) in [4.78, 5) is 10.7. The Labute approximate surface area is 96.2 Å². The van der Waals surface area contributed by atoms with E-state index in [2.05, 4.69) is 0 Å². The minimum atomic E-state index is -1.67. The number of carbonyl (C=O) groups is 1. The molecule has 86 valence electrons. The maximum atomic E-state index is 10.7. The number of carboxylic acids is 1. The molecule has 0 aromatic heterocycles. The van der Waals surface area contributed by atoms with E-state index in [1.54, 1.807) is 6.92 Å². The molecule has 0 spiro atoms. The first-order valence-electron chi connectivity index (χ1n) is 4.52. The van der Waals surface area contributed by atoms with E-state index in [1.807, 2.05) is 0 Å². The molecule has 1 aliphatic heterocycles. The first-order valence-corrected chi connectivity index (χ1v) is 4.89. The van der Waals surface area contributed by atoms with Crippen molar-refractivity contribution in [1.29, 1.82) is 0 Å². The number of hydrogen-bond donors (Lipinski definition) is 2. The van der Waals surface area contributed by atoms with Gasteiger partial charge in [0.2, 0.25) is 6.79 Å². The number of rotatable bonds is 2. The van der Waals surface area contributed by atoms with Crippen LogP contribution in [0.15, 0.2) is 6.07 Å². The van der Waals surface area contributed by atoms with Crippen molar-refractivity contribution in [3.8, 4) is 11.5 Å². The average Bonchev–Trinajstić information content (AvgIpc) is 2.70. The zero-order valence-corrected chi connectivity index (χ0v) is 9.11. The maximum absolute atomic E-state index is 10.7. The minimum Gasteiger partial charge on any atom is -0.479 e. The van der Waals surface area contributed by atoms with E-state index >= 15 is 0 Å². The van der Waals surface area contributed by atoms with E-state index < -0.39 is 12.1 Å². The van der Waals surface area contributed by atoms with Gasteiger partial charge in [-0.3, -0.25) is 0 Å². The highest BCUT2D eigenvalue weighted by Gasteiger charge is 2.26. The quantitative estimate of drug-likeness (QED) is 0.824. The lowest BCUT2D eigenvalue weighted by Crippen LogP contribution is -2.11. The SMILES string of the molecule is Cc1c(Cl)c(C(O)C(=O)O)cc2c1OCO2. The number of fused-ring (bicyclic) bond motifs is 1. The molecule has 1 unspecified atom stereocenters. The molecule has 0 amide bonds. The second kappa shape index (κ2) is 3.84. The largest absolute Gasteiger partial charge is 0.479 e. The van der Waals surface area contributed by atoms with Crippen molar-refractivity contribution in [3.63, 3.8) is 0 Å². The van der Waals surface area contributed by atoms with Gasteiger partial charge in [0, 0.05) is 11.1 Å². The molecule has 16 heavy (non-hydrogen) atoms. The molecule has 5 nitrogen and oxygen atoms in total. The van der Waals surface area contributed by atoms with Gasteiger partial charge in [-0.2, -0.15) is 0 Å². The first-order chi connectivity index (χ1) is 7.52. The average molecular weight is 245 g/mol. The van der Waals surface area contributed by atoms with Crippen molar-refractivity contribution >= 4 is 17.6 Å². The van der Waals surface area contributed by atoms with Crippen LogP contribution in [0.2, 0.25) is 5.02 Å². The number of aliphatic hydroxyl groups excluding tert-OH is 1. The smallest absolute Gasteiger partial charge is 0.337 e. The van der Waals surface area contributed by atoms with Crippen LogP contribution in [-0.4, -0.2) is 23.0 Å². The van der Waals surface area contributed by atoms with Crippen molar-refractivity contribution in [3.05, 3.63) is 22.2 Å². The van der Waals surface area contributed by atoms with Gasteiger partial charge < -0.3 is 19.7 Å². The summed E-state index contributed by atoms with van der Waals surface area (Å²) in [5, 5.41) is 18.4. The molecule has 0 fully saturated rings. The molecule has 1 heterocycles. The summed E-state index contributed by atoms with van der Waals surface area (Å²) >= 11 is 5.96. The van der Waals surface area contributed by atoms with E-state index in [4.69, 9.17) is 26.2 Å². The van der Waals surface area contributed by atoms with Gasteiger partial charge in [-0.25, -0.2) is 4.79 Å². The number of hydrogen-bond acceptors (Lipinski definition) is 4. The molecule has 6 heteroatoms. The van der Waals surface area contributed by atoms with Crippen LogP contribution in [0.25, 0.3) is 0 Å². The van der Waals surface area contributed by atoms with Crippen molar-refractivity contribution < 1.29 is 24.5 Å². The molecule has 0 saturated heterocycles. The third kappa shape index (κ3) is 1.58. The van der Waals surface area contributed by atoms with E-state index in [1.165, 1.54) is 6.07 Å². The predicted molar refractivity (Wildman–Crippen MR) is 54.9 cm³/mol. The van der Waals surface area contributed by atoms with Crippen LogP contribution in [0.3, 0.4) is 0 Å². The van der Waals surface area contributed by atoms with Crippen LogP contribution in [0.5, 0.6) is 11.5 Å². The molecule has 0 aliphatic carbocycles. The first kappa shape index (κ1) is 11.0. The molecule has 0 saturated carbocycles. The summed E-state index contributed by atoms with van der Waals surface area (Å²) in [6.07, 6.45) is -1.67. The van der Waals surface area contributed by atoms with Gasteiger partial charge in [0.25, 0.3) is 0 Å². The van der Waals surface area contributed by atoms with Crippen molar-refractivity contribution in [2.45, 2.75) is 13.0 Å². The fourth-order valence-electron chi connectivity index (χ4n) is 1.54. The maximum Gasteiger partial charge on any atom is 0.337 e. The molecule has 2 N–H and O–H groups in total. The van der Waals surface area contributed by atoms with Crippen molar-refractivity contribution in [2.75, 3.05) is 6.79 Å². The zero-order chi connectivity index (χ0) is 11.9. The summed E-state index contributed by atoms with van der Waals surface area (Å²) < 4.78 is 10.3. The van der Waals surface area contributed by atoms with Gasteiger partial charge >= 0.3 is 5.97 Å². The van der Waals surface area contributed by atoms with Gasteiger partial charge in [0.1, 0.15) is 0 Å². The Kier molecular flexibility index (Phi) is 2.65. The summed E-state index contributed by atoms with van der Waals surface area (Å²) in [7, 11) is 0. The van der Waals surface area contributed by atoms with Crippen molar-refractivity contribution in [2.24, 2.45) is 0 Å². The molecular formula is C10H9ClO5. The molecule has 1 aromatic carbocycles. The second-order valence-electron chi connectivity index (χ2n) is 3.38. The molecule has 0 bridgehead atoms. The van der Waals surface area contributed by atoms with E-state index in [0.29, 0.717) is 17.1 Å². The number of carboxylic acid groups (broad SMARTS) is 1. The number of benzene rings is 1. The molecule has 1 atom stereocenters. The molecule has 1 aliphatic rings. The number of ether oxygens (including phenoxy) is 2. The van der Waals surface area contributed by atoms with Crippen LogP contribution < -0.4 is 9.47 Å². The lowest BCUT2D eigenvalue weighted by Gasteiger charge is -2.12. The predicted octanol–water partition coefficient (Wildman–Crippen LogP) is 1.50. The molecule has 1 aromatic rings. The third-order valence-electron chi connectivity index (χ3n) is 2.38. The summed E-state index contributed by atoms with van der Waals surface area (Å²) in [6.45, 7) is 1.74. The monoisotopic (exact) mass is 244 g/mol. The summed E-state index contributed by atoms with van der Waals surface area (Å²) in [5.41, 5.74) is 0.669. The fraction of sp³-hybridized carbons (Fsp3) is 0.300. The van der Waals surface area contributed by atoms with Gasteiger partial charge in [-0.15, -0.1) is 0 Å². The lowest BCUT2D eigenvalue weighted by atomic mass is 10.0. The van der Waals surface area contributed by atoms with Gasteiger partial charge in [-0.1, -0.05) is 11.6 Å². The van der Waals surface area contributed by atoms with Crippen LogP contribution in [0, 0.1) is 6.92 Å². The normalized spacial score (nSPS) is 14.9. The van der Waals surface area contributed by atoms with E-state index in [-0.39, 0.29) is 17.4 Å². The Morgan fingerprint density at radius 3 is 2.88 bits per heavy atom. The standard InChI is InChI=1S/C10H9ClO5/c1-4-7(11)5(8(12)10(13)14)2-6-9(4)16-3-15-6/h2,8,12H,3H2,1H3,(H,13,14). The van der Waals surface area contributed by atoms with Crippen LogP contribution >= 0.6 is 11.6 Å². The zero-order valence-electron chi connectivity index (χ0n) is 8.36. The molecular weight excluding hydrogens is 236 g/mol. The highest BCUT2D eigenvalue weighted by Crippen LogP contribution is 2.42. The van der Waals surface area contributed by atoms with Crippen LogP contribution in [0.1, 0.15) is 17.2 Å². The topological polar surface area (TPSA) is 76.0 Å². The second-order valence-corrected chi connectivity index (χ2v) is 3.76. The molecule has 0 radical (unpaired) electrons. The highest BCUT2D eigenvalue weighted by molar-refractivity contribution is 6.32. The minimum absolute atomic E-state index is 0.0686. The van der Waals surface area contributed by atoms with E-state index in [0.717, 1.165) is 0 Å². The van der Waals surface area contributed by atoms with Gasteiger partial charge in [-0.05, 0) is 13.0 Å².